The van der Waals surface area contributed by atoms with Crippen LogP contribution in [0.3, 0.4) is 0 Å². The third-order valence-corrected chi connectivity index (χ3v) is 3.62. The Bertz CT molecular complexity index is 341. The highest BCUT2D eigenvalue weighted by Crippen LogP contribution is 2.24. The fourth-order valence-electron chi connectivity index (χ4n) is 2.16. The van der Waals surface area contributed by atoms with Crippen LogP contribution in [0.4, 0.5) is 0 Å². The third-order valence-electron chi connectivity index (χ3n) is 3.62. The summed E-state index contributed by atoms with van der Waals surface area (Å²) in [5.41, 5.74) is 0. The van der Waals surface area contributed by atoms with Crippen LogP contribution < -0.4 is 0 Å². The largest absolute Gasteiger partial charge is 0.394 e. The molecular formula is C12H24O11. The smallest absolute Gasteiger partial charge is 0.187 e. The normalized spacial score (nSPS) is 37.2. The lowest BCUT2D eigenvalue weighted by molar-refractivity contribution is -0.327. The Hall–Kier alpha value is -0.440. The van der Waals surface area contributed by atoms with Crippen LogP contribution in [0, 0.1) is 0 Å². The molecule has 1 saturated heterocycles. The second-order valence-corrected chi connectivity index (χ2v) is 5.29. The molecule has 1 aliphatic heterocycles. The van der Waals surface area contributed by atoms with E-state index in [0.29, 0.717) is 0 Å². The fourth-order valence-corrected chi connectivity index (χ4v) is 2.16. The zero-order valence-electron chi connectivity index (χ0n) is 12.2. The molecule has 23 heavy (non-hydrogen) atoms. The van der Waals surface area contributed by atoms with E-state index in [1.807, 2.05) is 0 Å². The van der Waals surface area contributed by atoms with E-state index in [0.717, 1.165) is 0 Å². The van der Waals surface area contributed by atoms with Gasteiger partial charge in [0.1, 0.15) is 48.8 Å². The summed E-state index contributed by atoms with van der Waals surface area (Å²) in [7, 11) is 0. The average Bonchev–Trinajstić information content (AvgIpc) is 2.57. The van der Waals surface area contributed by atoms with Crippen LogP contribution in [0.2, 0.25) is 0 Å². The van der Waals surface area contributed by atoms with Gasteiger partial charge in [0.2, 0.25) is 0 Å². The Morgan fingerprint density at radius 1 is 0.826 bits per heavy atom. The SMILES string of the molecule is OCC(O)C(O)C(O[C@@H]1OC(CO)[C@H](O)[C@H](O)C1O)C(O)CO. The molecule has 0 saturated carbocycles. The second kappa shape index (κ2) is 9.15. The minimum atomic E-state index is -1.85. The first-order valence-corrected chi connectivity index (χ1v) is 7.00. The van der Waals surface area contributed by atoms with Gasteiger partial charge in [0, 0.05) is 0 Å². The molecule has 0 aromatic carbocycles. The highest BCUT2D eigenvalue weighted by Gasteiger charge is 2.46. The predicted octanol–water partition coefficient (Wildman–Crippen LogP) is -5.76. The number of rotatable bonds is 8. The summed E-state index contributed by atoms with van der Waals surface area (Å²) < 4.78 is 10.1. The molecule has 9 N–H and O–H groups in total. The quantitative estimate of drug-likeness (QED) is 0.203. The highest BCUT2D eigenvalue weighted by molar-refractivity contribution is 4.91. The Kier molecular flexibility index (Phi) is 8.20. The Morgan fingerprint density at radius 2 is 1.39 bits per heavy atom. The summed E-state index contributed by atoms with van der Waals surface area (Å²) in [4.78, 5) is 0. The van der Waals surface area contributed by atoms with E-state index in [2.05, 4.69) is 0 Å². The van der Waals surface area contributed by atoms with Gasteiger partial charge in [-0.2, -0.15) is 0 Å². The first-order chi connectivity index (χ1) is 10.8. The van der Waals surface area contributed by atoms with Gasteiger partial charge in [-0.15, -0.1) is 0 Å². The van der Waals surface area contributed by atoms with Crippen LogP contribution in [0.25, 0.3) is 0 Å². The zero-order chi connectivity index (χ0) is 17.7. The van der Waals surface area contributed by atoms with Crippen molar-refractivity contribution < 1.29 is 55.4 Å². The molecule has 1 fully saturated rings. The Labute approximate surface area is 131 Å². The summed E-state index contributed by atoms with van der Waals surface area (Å²) >= 11 is 0. The molecule has 1 rings (SSSR count). The van der Waals surface area contributed by atoms with Crippen molar-refractivity contribution in [2.45, 2.75) is 55.1 Å². The average molecular weight is 344 g/mol. The van der Waals surface area contributed by atoms with Gasteiger partial charge in [0.05, 0.1) is 19.8 Å². The number of aliphatic hydroxyl groups is 9. The van der Waals surface area contributed by atoms with Gasteiger partial charge < -0.3 is 55.4 Å². The number of hydrogen-bond donors (Lipinski definition) is 9. The van der Waals surface area contributed by atoms with Gasteiger partial charge in [-0.25, -0.2) is 0 Å². The van der Waals surface area contributed by atoms with Gasteiger partial charge in [0.25, 0.3) is 0 Å². The predicted molar refractivity (Wildman–Crippen MR) is 70.8 cm³/mol. The van der Waals surface area contributed by atoms with E-state index in [4.69, 9.17) is 24.8 Å². The maximum atomic E-state index is 9.83. The molecule has 0 amide bonds. The molecule has 1 heterocycles. The van der Waals surface area contributed by atoms with Crippen molar-refractivity contribution in [1.29, 1.82) is 0 Å². The summed E-state index contributed by atoms with van der Waals surface area (Å²) in [6.45, 7) is -2.45. The molecule has 0 aromatic rings. The molecule has 0 aliphatic carbocycles. The maximum Gasteiger partial charge on any atom is 0.187 e. The minimum absolute atomic E-state index is 0.708. The van der Waals surface area contributed by atoms with E-state index >= 15 is 0 Å². The van der Waals surface area contributed by atoms with Crippen LogP contribution in [0.5, 0.6) is 0 Å². The van der Waals surface area contributed by atoms with Crippen LogP contribution >= 0.6 is 0 Å². The van der Waals surface area contributed by atoms with Gasteiger partial charge in [-0.1, -0.05) is 0 Å². The van der Waals surface area contributed by atoms with E-state index in [-0.39, 0.29) is 0 Å². The molecule has 11 nitrogen and oxygen atoms in total. The van der Waals surface area contributed by atoms with E-state index in [9.17, 15) is 30.6 Å². The molecule has 9 atom stereocenters. The number of ether oxygens (including phenoxy) is 2. The fraction of sp³-hybridized carbons (Fsp3) is 1.00. The number of aliphatic hydroxyl groups excluding tert-OH is 9. The van der Waals surface area contributed by atoms with Gasteiger partial charge in [-0.05, 0) is 0 Å². The maximum absolute atomic E-state index is 9.83. The van der Waals surface area contributed by atoms with E-state index in [1.165, 1.54) is 0 Å². The first kappa shape index (κ1) is 20.6. The molecule has 138 valence electrons. The number of hydrogen-bond acceptors (Lipinski definition) is 11. The van der Waals surface area contributed by atoms with Crippen molar-refractivity contribution >= 4 is 0 Å². The molecule has 6 unspecified atom stereocenters. The lowest BCUT2D eigenvalue weighted by atomic mass is 9.98. The molecule has 0 aromatic heterocycles. The molecule has 11 heteroatoms. The molecule has 1 aliphatic rings. The van der Waals surface area contributed by atoms with Crippen molar-refractivity contribution in [1.82, 2.24) is 0 Å². The summed E-state index contributed by atoms with van der Waals surface area (Å²) in [6.07, 6.45) is -15.1. The molecule has 0 radical (unpaired) electrons. The van der Waals surface area contributed by atoms with Crippen molar-refractivity contribution in [3.05, 3.63) is 0 Å². The van der Waals surface area contributed by atoms with Crippen molar-refractivity contribution in [2.75, 3.05) is 19.8 Å². The van der Waals surface area contributed by atoms with Crippen molar-refractivity contribution in [3.8, 4) is 0 Å². The van der Waals surface area contributed by atoms with Crippen LogP contribution in [-0.2, 0) is 9.47 Å². The van der Waals surface area contributed by atoms with Gasteiger partial charge in [0.15, 0.2) is 6.29 Å². The molecular weight excluding hydrogens is 320 g/mol. The lowest BCUT2D eigenvalue weighted by Gasteiger charge is -2.42. The summed E-state index contributed by atoms with van der Waals surface area (Å²) in [5, 5.41) is 84.9. The van der Waals surface area contributed by atoms with Gasteiger partial charge >= 0.3 is 0 Å². The van der Waals surface area contributed by atoms with Crippen LogP contribution in [0.15, 0.2) is 0 Å². The topological polar surface area (TPSA) is 201 Å². The minimum Gasteiger partial charge on any atom is -0.394 e. The Balaban J connectivity index is 2.89. The van der Waals surface area contributed by atoms with Crippen molar-refractivity contribution in [3.63, 3.8) is 0 Å². The third kappa shape index (κ3) is 4.78. The second-order valence-electron chi connectivity index (χ2n) is 5.29. The lowest BCUT2D eigenvalue weighted by Crippen LogP contribution is -2.61. The standard InChI is InChI=1S/C12H24O11/c13-1-4(16)7(18)11(5(17)2-14)23-12-10(21)9(20)8(19)6(3-15)22-12/h4-21H,1-3H2/t4?,5?,6?,7?,8-,9-,10?,11?,12-/m0/s1. The van der Waals surface area contributed by atoms with Crippen molar-refractivity contribution in [2.24, 2.45) is 0 Å². The van der Waals surface area contributed by atoms with E-state index in [1.54, 1.807) is 0 Å². The molecule has 0 bridgehead atoms. The highest BCUT2D eigenvalue weighted by atomic mass is 16.7. The summed E-state index contributed by atoms with van der Waals surface area (Å²) in [5.74, 6) is 0. The Morgan fingerprint density at radius 3 is 1.87 bits per heavy atom. The molecule has 0 spiro atoms. The van der Waals surface area contributed by atoms with Gasteiger partial charge in [-0.3, -0.25) is 0 Å². The van der Waals surface area contributed by atoms with E-state index < -0.39 is 74.9 Å². The van der Waals surface area contributed by atoms with Crippen LogP contribution in [-0.4, -0.2) is 121 Å². The first-order valence-electron chi connectivity index (χ1n) is 7.00. The monoisotopic (exact) mass is 344 g/mol. The van der Waals surface area contributed by atoms with Crippen LogP contribution in [0.1, 0.15) is 0 Å². The zero-order valence-corrected chi connectivity index (χ0v) is 12.2. The summed E-state index contributed by atoms with van der Waals surface area (Å²) in [6, 6.07) is 0.